The molecule has 3 rings (SSSR count). The highest BCUT2D eigenvalue weighted by molar-refractivity contribution is 5.95. The number of benzene rings is 2. The van der Waals surface area contributed by atoms with Crippen LogP contribution in [0.25, 0.3) is 0 Å². The number of nitrogens with zero attached hydrogens (tertiary/aromatic N) is 1. The number of amides is 3. The maximum Gasteiger partial charge on any atom is 0.317 e. The first kappa shape index (κ1) is 17.9. The van der Waals surface area contributed by atoms with Gasteiger partial charge in [0, 0.05) is 25.2 Å². The summed E-state index contributed by atoms with van der Waals surface area (Å²) in [6.45, 7) is 3.33. The van der Waals surface area contributed by atoms with Crippen molar-refractivity contribution < 1.29 is 14.0 Å². The quantitative estimate of drug-likeness (QED) is 0.836. The van der Waals surface area contributed by atoms with E-state index >= 15 is 0 Å². The van der Waals surface area contributed by atoms with Crippen LogP contribution in [0.1, 0.15) is 21.5 Å². The molecule has 136 valence electrons. The van der Waals surface area contributed by atoms with Gasteiger partial charge in [0.15, 0.2) is 0 Å². The van der Waals surface area contributed by atoms with Gasteiger partial charge in [0.05, 0.1) is 6.04 Å². The summed E-state index contributed by atoms with van der Waals surface area (Å²) in [6, 6.07) is 13.3. The molecule has 1 aliphatic heterocycles. The summed E-state index contributed by atoms with van der Waals surface area (Å²) in [5, 5.41) is 5.69. The number of hydrogen-bond donors (Lipinski definition) is 2. The molecule has 1 atom stereocenters. The fourth-order valence-corrected chi connectivity index (χ4v) is 3.20. The highest BCUT2D eigenvalue weighted by atomic mass is 19.1. The van der Waals surface area contributed by atoms with Crippen molar-refractivity contribution in [3.05, 3.63) is 71.0 Å². The molecule has 1 fully saturated rings. The molecule has 1 aliphatic rings. The zero-order valence-electron chi connectivity index (χ0n) is 14.7. The molecule has 5 nitrogen and oxygen atoms in total. The Balaban J connectivity index is 1.72. The summed E-state index contributed by atoms with van der Waals surface area (Å²) in [7, 11) is 0. The van der Waals surface area contributed by atoms with Crippen LogP contribution >= 0.6 is 0 Å². The van der Waals surface area contributed by atoms with Gasteiger partial charge in [-0.15, -0.1) is 0 Å². The van der Waals surface area contributed by atoms with Crippen LogP contribution in [0.3, 0.4) is 0 Å². The van der Waals surface area contributed by atoms with Gasteiger partial charge in [0.2, 0.25) is 0 Å². The van der Waals surface area contributed by atoms with Gasteiger partial charge >= 0.3 is 6.03 Å². The van der Waals surface area contributed by atoms with E-state index < -0.39 is 0 Å². The van der Waals surface area contributed by atoms with Crippen molar-refractivity contribution in [1.29, 1.82) is 0 Å². The number of nitrogens with one attached hydrogen (secondary N) is 2. The van der Waals surface area contributed by atoms with Crippen molar-refractivity contribution in [2.75, 3.05) is 19.6 Å². The topological polar surface area (TPSA) is 61.4 Å². The molecular weight excluding hydrogens is 333 g/mol. The number of urea groups is 1. The fraction of sp³-hybridized carbons (Fsp3) is 0.300. The molecule has 0 radical (unpaired) electrons. The van der Waals surface area contributed by atoms with Gasteiger partial charge in [0.25, 0.3) is 5.91 Å². The average Bonchev–Trinajstić information content (AvgIpc) is 3.04. The predicted octanol–water partition coefficient (Wildman–Crippen LogP) is 2.50. The lowest BCUT2D eigenvalue weighted by molar-refractivity contribution is 0.0939. The first-order chi connectivity index (χ1) is 12.5. The monoisotopic (exact) mass is 355 g/mol. The maximum absolute atomic E-state index is 13.5. The van der Waals surface area contributed by atoms with Crippen molar-refractivity contribution in [1.82, 2.24) is 15.5 Å². The fourth-order valence-electron chi connectivity index (χ4n) is 3.20. The summed E-state index contributed by atoms with van der Waals surface area (Å²) in [4.78, 5) is 26.2. The second kappa shape index (κ2) is 7.99. The van der Waals surface area contributed by atoms with E-state index in [-0.39, 0.29) is 23.8 Å². The third-order valence-electron chi connectivity index (χ3n) is 4.58. The van der Waals surface area contributed by atoms with Crippen LogP contribution in [0.4, 0.5) is 9.18 Å². The first-order valence-electron chi connectivity index (χ1n) is 8.67. The molecule has 0 aliphatic carbocycles. The number of carbonyl (C=O) groups is 2. The van der Waals surface area contributed by atoms with E-state index in [1.54, 1.807) is 17.0 Å². The normalized spacial score (nSPS) is 14.8. The predicted molar refractivity (Wildman–Crippen MR) is 97.5 cm³/mol. The minimum atomic E-state index is -0.309. The number of halogens is 1. The lowest BCUT2D eigenvalue weighted by Crippen LogP contribution is -2.46. The molecule has 2 N–H and O–H groups in total. The summed E-state index contributed by atoms with van der Waals surface area (Å²) in [5.74, 6) is -0.483. The van der Waals surface area contributed by atoms with E-state index in [4.69, 9.17) is 0 Å². The molecule has 0 spiro atoms. The van der Waals surface area contributed by atoms with Crippen LogP contribution in [-0.2, 0) is 6.42 Å². The van der Waals surface area contributed by atoms with E-state index in [1.165, 1.54) is 12.1 Å². The molecule has 0 unspecified atom stereocenters. The lowest BCUT2D eigenvalue weighted by atomic mass is 10.0. The maximum atomic E-state index is 13.5. The standard InChI is InChI=1S/C20H22FN3O2/c1-14-5-2-3-8-18(14)19(25)23-13-17(24-10-9-22-20(24)26)12-15-6-4-7-16(21)11-15/h2-8,11,17H,9-10,12-13H2,1H3,(H,22,26)(H,23,25)/t17-/m1/s1. The SMILES string of the molecule is Cc1ccccc1C(=O)NC[C@@H](Cc1cccc(F)c1)N1CCNC1=O. The highest BCUT2D eigenvalue weighted by Gasteiger charge is 2.28. The van der Waals surface area contributed by atoms with E-state index in [0.717, 1.165) is 11.1 Å². The Morgan fingerprint density at radius 2 is 2.08 bits per heavy atom. The molecular formula is C20H22FN3O2. The number of carbonyl (C=O) groups excluding carboxylic acids is 2. The summed E-state index contributed by atoms with van der Waals surface area (Å²) < 4.78 is 13.5. The van der Waals surface area contributed by atoms with Gasteiger partial charge in [-0.1, -0.05) is 30.3 Å². The average molecular weight is 355 g/mol. The van der Waals surface area contributed by atoms with Crippen LogP contribution in [0, 0.1) is 12.7 Å². The second-order valence-corrected chi connectivity index (χ2v) is 6.44. The molecule has 0 bridgehead atoms. The molecule has 2 aromatic rings. The third kappa shape index (κ3) is 4.20. The van der Waals surface area contributed by atoms with Gasteiger partial charge in [-0.2, -0.15) is 0 Å². The molecule has 1 saturated heterocycles. The summed E-state index contributed by atoms with van der Waals surface area (Å²) >= 11 is 0. The van der Waals surface area contributed by atoms with Crippen LogP contribution < -0.4 is 10.6 Å². The molecule has 1 heterocycles. The van der Waals surface area contributed by atoms with Crippen LogP contribution in [0.5, 0.6) is 0 Å². The Hall–Kier alpha value is -2.89. The zero-order chi connectivity index (χ0) is 18.5. The Kier molecular flexibility index (Phi) is 5.51. The van der Waals surface area contributed by atoms with Crippen molar-refractivity contribution in [2.45, 2.75) is 19.4 Å². The number of rotatable bonds is 6. The molecule has 26 heavy (non-hydrogen) atoms. The second-order valence-electron chi connectivity index (χ2n) is 6.44. The third-order valence-corrected chi connectivity index (χ3v) is 4.58. The number of aryl methyl sites for hydroxylation is 1. The largest absolute Gasteiger partial charge is 0.350 e. The van der Waals surface area contributed by atoms with Crippen molar-refractivity contribution in [3.8, 4) is 0 Å². The van der Waals surface area contributed by atoms with Crippen LogP contribution in [0.15, 0.2) is 48.5 Å². The first-order valence-corrected chi connectivity index (χ1v) is 8.67. The number of hydrogen-bond acceptors (Lipinski definition) is 2. The molecule has 0 saturated carbocycles. The molecule has 3 amide bonds. The van der Waals surface area contributed by atoms with Crippen molar-refractivity contribution in [2.24, 2.45) is 0 Å². The van der Waals surface area contributed by atoms with Crippen LogP contribution in [-0.4, -0.2) is 42.5 Å². The van der Waals surface area contributed by atoms with Gasteiger partial charge in [-0.3, -0.25) is 4.79 Å². The van der Waals surface area contributed by atoms with E-state index in [9.17, 15) is 14.0 Å². The lowest BCUT2D eigenvalue weighted by Gasteiger charge is -2.27. The Labute approximate surface area is 152 Å². The van der Waals surface area contributed by atoms with Gasteiger partial charge in [-0.25, -0.2) is 9.18 Å². The van der Waals surface area contributed by atoms with Gasteiger partial charge in [0.1, 0.15) is 5.82 Å². The minimum Gasteiger partial charge on any atom is -0.350 e. The molecule has 0 aromatic heterocycles. The summed E-state index contributed by atoms with van der Waals surface area (Å²) in [5.41, 5.74) is 2.30. The summed E-state index contributed by atoms with van der Waals surface area (Å²) in [6.07, 6.45) is 0.471. The van der Waals surface area contributed by atoms with Crippen molar-refractivity contribution in [3.63, 3.8) is 0 Å². The van der Waals surface area contributed by atoms with E-state index in [2.05, 4.69) is 10.6 Å². The Bertz CT molecular complexity index is 809. The Morgan fingerprint density at radius 1 is 1.27 bits per heavy atom. The smallest absolute Gasteiger partial charge is 0.317 e. The van der Waals surface area contributed by atoms with Gasteiger partial charge in [-0.05, 0) is 42.7 Å². The molecule has 6 heteroatoms. The zero-order valence-corrected chi connectivity index (χ0v) is 14.7. The minimum absolute atomic E-state index is 0.156. The van der Waals surface area contributed by atoms with Crippen molar-refractivity contribution >= 4 is 11.9 Å². The van der Waals surface area contributed by atoms with Crippen LogP contribution in [0.2, 0.25) is 0 Å². The Morgan fingerprint density at radius 3 is 2.77 bits per heavy atom. The van der Waals surface area contributed by atoms with E-state index in [1.807, 2.05) is 31.2 Å². The highest BCUT2D eigenvalue weighted by Crippen LogP contribution is 2.13. The molecule has 2 aromatic carbocycles. The van der Waals surface area contributed by atoms with E-state index in [0.29, 0.717) is 31.6 Å². The van der Waals surface area contributed by atoms with Gasteiger partial charge < -0.3 is 15.5 Å².